The summed E-state index contributed by atoms with van der Waals surface area (Å²) in [6, 6.07) is 9.15. The summed E-state index contributed by atoms with van der Waals surface area (Å²) >= 11 is 1.30. The largest absolute Gasteiger partial charge is 0.493 e. The molecule has 2 heterocycles. The van der Waals surface area contributed by atoms with Crippen molar-refractivity contribution in [3.8, 4) is 11.5 Å². The van der Waals surface area contributed by atoms with Crippen LogP contribution in [0.2, 0.25) is 0 Å². The van der Waals surface area contributed by atoms with Crippen LogP contribution >= 0.6 is 11.8 Å². The summed E-state index contributed by atoms with van der Waals surface area (Å²) in [6.07, 6.45) is -1.39. The number of hydrogen-bond donors (Lipinski definition) is 3. The second-order valence-corrected chi connectivity index (χ2v) is 8.46. The number of fused-ring (bicyclic) bond motifs is 1. The van der Waals surface area contributed by atoms with Gasteiger partial charge in [0.15, 0.2) is 11.5 Å². The average Bonchev–Trinajstić information content (AvgIpc) is 3.19. The number of nitrogens with zero attached hydrogens (tertiary/aromatic N) is 3. The van der Waals surface area contributed by atoms with E-state index in [0.717, 1.165) is 22.7 Å². The second kappa shape index (κ2) is 9.50. The van der Waals surface area contributed by atoms with Crippen LogP contribution in [0.5, 0.6) is 11.5 Å². The number of anilines is 1. The highest BCUT2D eigenvalue weighted by Gasteiger charge is 2.59. The summed E-state index contributed by atoms with van der Waals surface area (Å²) in [6.45, 7) is 0. The summed E-state index contributed by atoms with van der Waals surface area (Å²) in [7, 11) is 4.24. The lowest BCUT2D eigenvalue weighted by molar-refractivity contribution is -0.218. The number of carbonyl (C=O) groups excluding carboxylic acids is 1. The molecule has 13 heteroatoms. The van der Waals surface area contributed by atoms with Crippen molar-refractivity contribution in [3.05, 3.63) is 55.0 Å². The number of hydrazine groups is 1. The van der Waals surface area contributed by atoms with Crippen molar-refractivity contribution in [2.75, 3.05) is 26.6 Å². The fraction of sp³-hybridized carbons (Fsp3) is 0.227. The zero-order valence-electron chi connectivity index (χ0n) is 18.8. The van der Waals surface area contributed by atoms with Crippen molar-refractivity contribution in [2.45, 2.75) is 21.8 Å². The third-order valence-corrected chi connectivity index (χ3v) is 6.28. The van der Waals surface area contributed by atoms with Crippen molar-refractivity contribution in [1.29, 1.82) is 0 Å². The summed E-state index contributed by atoms with van der Waals surface area (Å²) in [5.41, 5.74) is 0.686. The Morgan fingerprint density at radius 1 is 1.14 bits per heavy atom. The number of carbonyl (C=O) groups is 1. The van der Waals surface area contributed by atoms with E-state index >= 15 is 0 Å². The molecule has 1 aliphatic rings. The Morgan fingerprint density at radius 2 is 1.89 bits per heavy atom. The van der Waals surface area contributed by atoms with Crippen LogP contribution in [0.1, 0.15) is 0 Å². The zero-order valence-corrected chi connectivity index (χ0v) is 19.6. The van der Waals surface area contributed by atoms with Crippen molar-refractivity contribution >= 4 is 34.4 Å². The number of amides is 2. The number of methoxy groups -OCH3 is 2. The molecule has 9 nitrogen and oxygen atoms in total. The topological polar surface area (TPSA) is 101 Å². The Hall–Kier alpha value is -3.71. The lowest BCUT2D eigenvalue weighted by Gasteiger charge is -2.36. The minimum absolute atomic E-state index is 0.306. The average molecular weight is 507 g/mol. The highest BCUT2D eigenvalue weighted by molar-refractivity contribution is 7.99. The first-order chi connectivity index (χ1) is 16.7. The minimum Gasteiger partial charge on any atom is -0.493 e. The fourth-order valence-electron chi connectivity index (χ4n) is 3.49. The standard InChI is InChI=1S/C22H21F3N6O3S/c1-31-21(7-8-28-31,22(23,24)25)30-20(32)29-13-5-4-6-14(9-13)35-19-15-10-17(33-2)18(34-3)11-16(15)26-12-27-19/h4-12,28H,1-3H3,(H2,29,30,32). The van der Waals surface area contributed by atoms with Gasteiger partial charge in [-0.25, -0.2) is 14.8 Å². The number of nitrogens with one attached hydrogen (secondary N) is 3. The van der Waals surface area contributed by atoms with Crippen LogP contribution in [0.3, 0.4) is 0 Å². The molecule has 0 spiro atoms. The predicted molar refractivity (Wildman–Crippen MR) is 124 cm³/mol. The second-order valence-electron chi connectivity index (χ2n) is 7.40. The van der Waals surface area contributed by atoms with Gasteiger partial charge in [0.25, 0.3) is 0 Å². The quantitative estimate of drug-likeness (QED) is 0.429. The lowest BCUT2D eigenvalue weighted by Crippen LogP contribution is -2.67. The maximum Gasteiger partial charge on any atom is 0.430 e. The molecular weight excluding hydrogens is 485 g/mol. The van der Waals surface area contributed by atoms with E-state index < -0.39 is 17.9 Å². The van der Waals surface area contributed by atoms with Gasteiger partial charge in [0.1, 0.15) is 11.4 Å². The van der Waals surface area contributed by atoms with Gasteiger partial charge in [0.05, 0.1) is 19.7 Å². The van der Waals surface area contributed by atoms with Crippen molar-refractivity contribution < 1.29 is 27.4 Å². The van der Waals surface area contributed by atoms with Crippen LogP contribution in [-0.2, 0) is 0 Å². The van der Waals surface area contributed by atoms with Gasteiger partial charge >= 0.3 is 12.2 Å². The van der Waals surface area contributed by atoms with E-state index in [1.807, 2.05) is 5.32 Å². The first-order valence-corrected chi connectivity index (χ1v) is 11.0. The van der Waals surface area contributed by atoms with Crippen LogP contribution < -0.4 is 25.5 Å². The summed E-state index contributed by atoms with van der Waals surface area (Å²) in [5, 5.41) is 6.57. The Morgan fingerprint density at radius 3 is 2.54 bits per heavy atom. The number of likely N-dealkylation sites (N-methyl/N-ethyl adjacent to an activating group) is 1. The first-order valence-electron chi connectivity index (χ1n) is 10.1. The Labute approximate surface area is 202 Å². The van der Waals surface area contributed by atoms with E-state index in [2.05, 4.69) is 20.7 Å². The fourth-order valence-corrected chi connectivity index (χ4v) is 4.42. The SMILES string of the molecule is COc1cc2ncnc(Sc3cccc(NC(=O)NC4(C(F)(F)F)C=CNN4C)c3)c2cc1OC. The van der Waals surface area contributed by atoms with Gasteiger partial charge < -0.3 is 25.5 Å². The summed E-state index contributed by atoms with van der Waals surface area (Å²) in [4.78, 5) is 21.8. The molecule has 2 aromatic carbocycles. The van der Waals surface area contributed by atoms with Crippen LogP contribution in [-0.4, -0.2) is 54.1 Å². The molecule has 1 unspecified atom stereocenters. The van der Waals surface area contributed by atoms with Crippen LogP contribution in [0.15, 0.2) is 64.9 Å². The lowest BCUT2D eigenvalue weighted by atomic mass is 10.1. The van der Waals surface area contributed by atoms with Gasteiger partial charge in [0, 0.05) is 35.3 Å². The molecule has 0 bridgehead atoms. The third kappa shape index (κ3) is 4.77. The molecule has 3 aromatic rings. The van der Waals surface area contributed by atoms with Crippen molar-refractivity contribution in [3.63, 3.8) is 0 Å². The Kier molecular flexibility index (Phi) is 6.63. The smallest absolute Gasteiger partial charge is 0.430 e. The number of aromatic nitrogens is 2. The van der Waals surface area contributed by atoms with Gasteiger partial charge in [-0.1, -0.05) is 17.8 Å². The van der Waals surface area contributed by atoms with Gasteiger partial charge in [-0.2, -0.15) is 18.2 Å². The van der Waals surface area contributed by atoms with Gasteiger partial charge in [0.2, 0.25) is 5.66 Å². The molecule has 1 atom stereocenters. The number of urea groups is 1. The molecule has 0 saturated carbocycles. The summed E-state index contributed by atoms with van der Waals surface area (Å²) < 4.78 is 51.8. The minimum atomic E-state index is -4.76. The molecule has 0 fully saturated rings. The molecule has 4 rings (SSSR count). The monoisotopic (exact) mass is 506 g/mol. The van der Waals surface area contributed by atoms with Gasteiger partial charge in [-0.3, -0.25) is 0 Å². The van der Waals surface area contributed by atoms with Gasteiger partial charge in [-0.15, -0.1) is 0 Å². The van der Waals surface area contributed by atoms with Gasteiger partial charge in [-0.05, 0) is 30.3 Å². The van der Waals surface area contributed by atoms with Crippen molar-refractivity contribution in [1.82, 2.24) is 25.7 Å². The van der Waals surface area contributed by atoms with E-state index in [1.54, 1.807) is 36.4 Å². The summed E-state index contributed by atoms with van der Waals surface area (Å²) in [5.74, 6) is 1.05. The third-order valence-electron chi connectivity index (χ3n) is 5.27. The van der Waals surface area contributed by atoms with E-state index in [9.17, 15) is 18.0 Å². The van der Waals surface area contributed by atoms with Crippen LogP contribution in [0, 0.1) is 0 Å². The highest BCUT2D eigenvalue weighted by atomic mass is 32.2. The molecule has 2 amide bonds. The maximum absolute atomic E-state index is 13.7. The van der Waals surface area contributed by atoms with E-state index in [1.165, 1.54) is 39.4 Å². The molecule has 35 heavy (non-hydrogen) atoms. The van der Waals surface area contributed by atoms with Crippen LogP contribution in [0.25, 0.3) is 10.9 Å². The molecule has 0 radical (unpaired) electrons. The number of rotatable bonds is 6. The molecule has 1 aromatic heterocycles. The molecular formula is C22H21F3N6O3S. The molecule has 1 aliphatic heterocycles. The Balaban J connectivity index is 1.55. The van der Waals surface area contributed by atoms with Crippen LogP contribution in [0.4, 0.5) is 23.7 Å². The normalized spacial score (nSPS) is 17.8. The van der Waals surface area contributed by atoms with Crippen molar-refractivity contribution in [2.24, 2.45) is 0 Å². The molecule has 3 N–H and O–H groups in total. The number of hydrogen-bond acceptors (Lipinski definition) is 8. The number of alkyl halides is 3. The molecule has 0 saturated heterocycles. The number of ether oxygens (including phenoxy) is 2. The van der Waals surface area contributed by atoms with E-state index in [4.69, 9.17) is 9.47 Å². The number of benzene rings is 2. The predicted octanol–water partition coefficient (Wildman–Crippen LogP) is 4.14. The van der Waals surface area contributed by atoms with E-state index in [-0.39, 0.29) is 0 Å². The molecule has 184 valence electrons. The maximum atomic E-state index is 13.7. The number of halogens is 3. The highest BCUT2D eigenvalue weighted by Crippen LogP contribution is 2.38. The molecule has 0 aliphatic carbocycles. The first kappa shape index (κ1) is 24.4. The van der Waals surface area contributed by atoms with E-state index in [0.29, 0.717) is 32.6 Å². The zero-order chi connectivity index (χ0) is 25.2. The Bertz CT molecular complexity index is 1290.